The highest BCUT2D eigenvalue weighted by Crippen LogP contribution is 2.30. The molecule has 1 amide bonds. The molecule has 1 N–H and O–H groups in total. The molecule has 2 heterocycles. The molecule has 1 aliphatic heterocycles. The van der Waals surface area contributed by atoms with Crippen LogP contribution in [0.4, 0.5) is 4.79 Å². The lowest BCUT2D eigenvalue weighted by atomic mass is 9.97. The number of hydrogen-bond donors (Lipinski definition) is 1. The van der Waals surface area contributed by atoms with Gasteiger partial charge in [-0.25, -0.2) is 14.2 Å². The fourth-order valence-electron chi connectivity index (χ4n) is 4.09. The second kappa shape index (κ2) is 9.87. The van der Waals surface area contributed by atoms with Crippen molar-refractivity contribution in [3.63, 3.8) is 0 Å². The Bertz CT molecular complexity index is 987. The molecule has 2 aromatic rings. The molecule has 0 bridgehead atoms. The number of benzene rings is 1. The number of esters is 1. The number of likely N-dealkylation sites (tertiary alicyclic amines) is 1. The zero-order chi connectivity index (χ0) is 21.3. The molecule has 9 heteroatoms. The van der Waals surface area contributed by atoms with Crippen LogP contribution in [-0.2, 0) is 9.53 Å². The Kier molecular flexibility index (Phi) is 7.43. The maximum atomic E-state index is 12.9. The van der Waals surface area contributed by atoms with E-state index in [2.05, 4.69) is 10.2 Å². The minimum atomic E-state index is -0.378. The van der Waals surface area contributed by atoms with E-state index in [0.29, 0.717) is 24.7 Å². The van der Waals surface area contributed by atoms with Gasteiger partial charge in [-0.15, -0.1) is 12.4 Å². The molecule has 2 fully saturated rings. The predicted molar refractivity (Wildman–Crippen MR) is 121 cm³/mol. The van der Waals surface area contributed by atoms with Gasteiger partial charge < -0.3 is 10.1 Å². The first-order valence-corrected chi connectivity index (χ1v) is 10.8. The van der Waals surface area contributed by atoms with Gasteiger partial charge in [0.25, 0.3) is 0 Å². The summed E-state index contributed by atoms with van der Waals surface area (Å²) in [6.07, 6.45) is 3.76. The zero-order valence-electron chi connectivity index (χ0n) is 18.1. The molecule has 31 heavy (non-hydrogen) atoms. The number of nitrogens with zero attached hydrogens (tertiary/aromatic N) is 3. The van der Waals surface area contributed by atoms with Crippen molar-refractivity contribution in [3.05, 3.63) is 34.7 Å². The van der Waals surface area contributed by atoms with Gasteiger partial charge in [-0.2, -0.15) is 0 Å². The van der Waals surface area contributed by atoms with Crippen LogP contribution in [0.3, 0.4) is 0 Å². The number of fused-ring (bicyclic) bond motifs is 1. The van der Waals surface area contributed by atoms with Crippen molar-refractivity contribution < 1.29 is 14.3 Å². The van der Waals surface area contributed by atoms with Gasteiger partial charge in [0, 0.05) is 25.7 Å². The molecule has 0 radical (unpaired) electrons. The van der Waals surface area contributed by atoms with E-state index in [0.717, 1.165) is 44.3 Å². The van der Waals surface area contributed by atoms with Crippen LogP contribution in [0.15, 0.2) is 29.1 Å². The molecular weight excluding hydrogens is 420 g/mol. The van der Waals surface area contributed by atoms with E-state index in [1.165, 1.54) is 4.57 Å². The Morgan fingerprint density at radius 2 is 1.74 bits per heavy atom. The van der Waals surface area contributed by atoms with Gasteiger partial charge in [0.2, 0.25) is 0 Å². The first kappa shape index (κ1) is 23.3. The number of para-hydroxylation sites is 2. The zero-order valence-corrected chi connectivity index (χ0v) is 18.9. The number of hydrogen-bond acceptors (Lipinski definition) is 5. The minimum Gasteiger partial charge on any atom is -0.449 e. The molecule has 4 rings (SSSR count). The lowest BCUT2D eigenvalue weighted by Crippen LogP contribution is -2.42. The van der Waals surface area contributed by atoms with Crippen LogP contribution in [-0.4, -0.2) is 52.4 Å². The van der Waals surface area contributed by atoms with Crippen molar-refractivity contribution in [2.75, 3.05) is 26.4 Å². The molecule has 0 atom stereocenters. The summed E-state index contributed by atoms with van der Waals surface area (Å²) in [7, 11) is 0. The lowest BCUT2D eigenvalue weighted by molar-refractivity contribution is -0.150. The Hall–Kier alpha value is -2.32. The Labute approximate surface area is 187 Å². The number of halogens is 1. The minimum absolute atomic E-state index is 0. The normalized spacial score (nSPS) is 17.5. The SMILES string of the molecule is CC(C)n1c(=O)n(C(=O)NCC2CCN(COC(=O)C3CC3)CC2)c2ccccc21.Cl. The molecule has 170 valence electrons. The topological polar surface area (TPSA) is 85.6 Å². The highest BCUT2D eigenvalue weighted by atomic mass is 35.5. The smallest absolute Gasteiger partial charge is 0.337 e. The van der Waals surface area contributed by atoms with Crippen molar-refractivity contribution in [1.82, 2.24) is 19.4 Å². The summed E-state index contributed by atoms with van der Waals surface area (Å²) in [6.45, 7) is 6.44. The highest BCUT2D eigenvalue weighted by Gasteiger charge is 2.32. The van der Waals surface area contributed by atoms with E-state index in [9.17, 15) is 14.4 Å². The van der Waals surface area contributed by atoms with Crippen LogP contribution in [0.5, 0.6) is 0 Å². The van der Waals surface area contributed by atoms with Crippen LogP contribution >= 0.6 is 12.4 Å². The summed E-state index contributed by atoms with van der Waals surface area (Å²) in [5.74, 6) is 0.400. The maximum Gasteiger partial charge on any atom is 0.337 e. The Morgan fingerprint density at radius 3 is 2.35 bits per heavy atom. The molecule has 1 saturated carbocycles. The van der Waals surface area contributed by atoms with Crippen molar-refractivity contribution in [2.24, 2.45) is 11.8 Å². The summed E-state index contributed by atoms with van der Waals surface area (Å²) < 4.78 is 8.24. The van der Waals surface area contributed by atoms with Crippen molar-refractivity contribution in [2.45, 2.75) is 45.6 Å². The molecule has 1 aliphatic carbocycles. The summed E-state index contributed by atoms with van der Waals surface area (Å²) in [5, 5.41) is 2.95. The summed E-state index contributed by atoms with van der Waals surface area (Å²) in [6, 6.07) is 6.97. The molecule has 0 spiro atoms. The third-order valence-electron chi connectivity index (χ3n) is 6.05. The predicted octanol–water partition coefficient (Wildman–Crippen LogP) is 2.99. The van der Waals surface area contributed by atoms with Crippen molar-refractivity contribution in [3.8, 4) is 0 Å². The number of piperidine rings is 1. The van der Waals surface area contributed by atoms with Crippen LogP contribution in [0.2, 0.25) is 0 Å². The Balaban J connectivity index is 0.00000272. The van der Waals surface area contributed by atoms with Crippen LogP contribution in [0, 0.1) is 11.8 Å². The number of imidazole rings is 1. The first-order chi connectivity index (χ1) is 14.5. The second-order valence-electron chi connectivity index (χ2n) is 8.68. The second-order valence-corrected chi connectivity index (χ2v) is 8.68. The number of carbonyl (C=O) groups is 2. The maximum absolute atomic E-state index is 12.9. The third kappa shape index (κ3) is 5.13. The number of ether oxygens (including phenoxy) is 1. The monoisotopic (exact) mass is 450 g/mol. The first-order valence-electron chi connectivity index (χ1n) is 10.8. The summed E-state index contributed by atoms with van der Waals surface area (Å²) >= 11 is 0. The van der Waals surface area contributed by atoms with Crippen LogP contribution < -0.4 is 11.0 Å². The standard InChI is InChI=1S/C22H30N4O4.ClH/c1-15(2)25-18-5-3-4-6-19(18)26(22(25)29)21(28)23-13-16-9-11-24(12-10-16)14-30-20(27)17-7-8-17;/h3-6,15-17H,7-14H2,1-2H3,(H,23,28);1H. The van der Waals surface area contributed by atoms with Gasteiger partial charge in [0.15, 0.2) is 0 Å². The fraction of sp³-hybridized carbons (Fsp3) is 0.591. The van der Waals surface area contributed by atoms with Crippen LogP contribution in [0.25, 0.3) is 11.0 Å². The van der Waals surface area contributed by atoms with E-state index in [1.807, 2.05) is 32.0 Å². The number of nitrogens with one attached hydrogen (secondary N) is 1. The van der Waals surface area contributed by atoms with E-state index in [4.69, 9.17) is 4.74 Å². The molecule has 1 aromatic carbocycles. The highest BCUT2D eigenvalue weighted by molar-refractivity contribution is 5.89. The molecule has 1 aromatic heterocycles. The number of amides is 1. The van der Waals surface area contributed by atoms with Gasteiger partial charge in [0.1, 0.15) is 6.73 Å². The molecule has 2 aliphatic rings. The Morgan fingerprint density at radius 1 is 1.10 bits per heavy atom. The molecule has 8 nitrogen and oxygen atoms in total. The third-order valence-corrected chi connectivity index (χ3v) is 6.05. The largest absolute Gasteiger partial charge is 0.449 e. The molecule has 1 saturated heterocycles. The van der Waals surface area contributed by atoms with E-state index < -0.39 is 0 Å². The fourth-order valence-corrected chi connectivity index (χ4v) is 4.09. The van der Waals surface area contributed by atoms with Gasteiger partial charge in [-0.05, 0) is 57.6 Å². The van der Waals surface area contributed by atoms with E-state index in [-0.39, 0.29) is 42.1 Å². The average Bonchev–Trinajstić information content (AvgIpc) is 3.54. The van der Waals surface area contributed by atoms with Gasteiger partial charge in [-0.1, -0.05) is 12.1 Å². The summed E-state index contributed by atoms with van der Waals surface area (Å²) in [5.41, 5.74) is 1.08. The van der Waals surface area contributed by atoms with Crippen molar-refractivity contribution in [1.29, 1.82) is 0 Å². The van der Waals surface area contributed by atoms with Crippen LogP contribution in [0.1, 0.15) is 45.6 Å². The average molecular weight is 451 g/mol. The summed E-state index contributed by atoms with van der Waals surface area (Å²) in [4.78, 5) is 39.5. The van der Waals surface area contributed by atoms with Gasteiger partial charge in [0.05, 0.1) is 17.0 Å². The number of aromatic nitrogens is 2. The number of rotatable bonds is 6. The lowest BCUT2D eigenvalue weighted by Gasteiger charge is -2.31. The molecule has 0 unspecified atom stereocenters. The van der Waals surface area contributed by atoms with E-state index >= 15 is 0 Å². The van der Waals surface area contributed by atoms with Gasteiger partial charge >= 0.3 is 17.7 Å². The van der Waals surface area contributed by atoms with Crippen molar-refractivity contribution >= 4 is 35.4 Å². The molecular formula is C22H31ClN4O4. The van der Waals surface area contributed by atoms with Gasteiger partial charge in [-0.3, -0.25) is 14.3 Å². The van der Waals surface area contributed by atoms with E-state index in [1.54, 1.807) is 10.6 Å². The number of carbonyl (C=O) groups excluding carboxylic acids is 2. The quantitative estimate of drug-likeness (QED) is 0.684.